The van der Waals surface area contributed by atoms with Crippen molar-refractivity contribution < 1.29 is 28.9 Å². The summed E-state index contributed by atoms with van der Waals surface area (Å²) in [5.74, 6) is 2.13. The topological polar surface area (TPSA) is 82.1 Å². The molecular formula is C21H17ClO6. The molecule has 2 aromatic rings. The highest BCUT2D eigenvalue weighted by Gasteiger charge is 2.11. The van der Waals surface area contributed by atoms with Crippen molar-refractivity contribution in [3.63, 3.8) is 0 Å². The van der Waals surface area contributed by atoms with Crippen molar-refractivity contribution >= 4 is 29.4 Å². The third-order valence-corrected chi connectivity index (χ3v) is 3.76. The summed E-state index contributed by atoms with van der Waals surface area (Å²) in [6, 6.07) is 9.46. The van der Waals surface area contributed by atoms with E-state index in [1.54, 1.807) is 30.3 Å². The fourth-order valence-corrected chi connectivity index (χ4v) is 2.49. The molecule has 2 aromatic carbocycles. The number of terminal acetylenes is 1. The molecule has 2 rings (SSSR count). The molecule has 0 atom stereocenters. The van der Waals surface area contributed by atoms with E-state index < -0.39 is 12.6 Å². The molecule has 0 bridgehead atoms. The molecule has 28 heavy (non-hydrogen) atoms. The van der Waals surface area contributed by atoms with Crippen molar-refractivity contribution in [3.8, 4) is 29.6 Å². The standard InChI is InChI=1S/C21H17ClO6/c1-3-10-27-21-17(22)11-14(12-19(21)26-2)4-9-18(23)15-5-7-16(8-6-15)28-13-20(24)25/h1,4-9,11-12H,10,13H2,2H3,(H,24,25)/b9-4+. The summed E-state index contributed by atoms with van der Waals surface area (Å²) in [4.78, 5) is 22.8. The Morgan fingerprint density at radius 2 is 1.93 bits per heavy atom. The molecule has 0 aliphatic heterocycles. The average molecular weight is 401 g/mol. The Morgan fingerprint density at radius 3 is 2.54 bits per heavy atom. The van der Waals surface area contributed by atoms with Gasteiger partial charge in [0.05, 0.1) is 12.1 Å². The molecule has 6 nitrogen and oxygen atoms in total. The SMILES string of the molecule is C#CCOc1c(Cl)cc(/C=C/C(=O)c2ccc(OCC(=O)O)cc2)cc1OC. The van der Waals surface area contributed by atoms with Gasteiger partial charge in [0.2, 0.25) is 0 Å². The Morgan fingerprint density at radius 1 is 1.21 bits per heavy atom. The van der Waals surface area contributed by atoms with Crippen LogP contribution >= 0.6 is 11.6 Å². The fraction of sp³-hybridized carbons (Fsp3) is 0.143. The first-order valence-corrected chi connectivity index (χ1v) is 8.43. The summed E-state index contributed by atoms with van der Waals surface area (Å²) >= 11 is 6.20. The van der Waals surface area contributed by atoms with E-state index in [1.807, 2.05) is 0 Å². The third kappa shape index (κ3) is 5.79. The summed E-state index contributed by atoms with van der Waals surface area (Å²) in [6.07, 6.45) is 8.16. The van der Waals surface area contributed by atoms with E-state index in [0.29, 0.717) is 33.4 Å². The van der Waals surface area contributed by atoms with Crippen LogP contribution in [0.2, 0.25) is 5.02 Å². The molecule has 0 radical (unpaired) electrons. The van der Waals surface area contributed by atoms with Crippen LogP contribution in [0.25, 0.3) is 6.08 Å². The lowest BCUT2D eigenvalue weighted by atomic mass is 10.1. The molecule has 0 aliphatic rings. The minimum Gasteiger partial charge on any atom is -0.493 e. The number of carbonyl (C=O) groups is 2. The Bertz CT molecular complexity index is 925. The van der Waals surface area contributed by atoms with Gasteiger partial charge in [0.1, 0.15) is 12.4 Å². The van der Waals surface area contributed by atoms with Gasteiger partial charge in [-0.1, -0.05) is 23.6 Å². The van der Waals surface area contributed by atoms with Gasteiger partial charge >= 0.3 is 5.97 Å². The highest BCUT2D eigenvalue weighted by atomic mass is 35.5. The van der Waals surface area contributed by atoms with Gasteiger partial charge in [0.15, 0.2) is 23.9 Å². The number of ether oxygens (including phenoxy) is 3. The first-order chi connectivity index (χ1) is 13.4. The third-order valence-electron chi connectivity index (χ3n) is 3.48. The lowest BCUT2D eigenvalue weighted by molar-refractivity contribution is -0.139. The Kier molecular flexibility index (Phi) is 7.49. The Balaban J connectivity index is 2.12. The van der Waals surface area contributed by atoms with Crippen LogP contribution in [0.1, 0.15) is 15.9 Å². The zero-order valence-electron chi connectivity index (χ0n) is 15.0. The van der Waals surface area contributed by atoms with Crippen molar-refractivity contribution in [2.45, 2.75) is 0 Å². The van der Waals surface area contributed by atoms with Crippen LogP contribution < -0.4 is 14.2 Å². The zero-order valence-corrected chi connectivity index (χ0v) is 15.7. The van der Waals surface area contributed by atoms with E-state index in [0.717, 1.165) is 0 Å². The normalized spacial score (nSPS) is 10.3. The maximum Gasteiger partial charge on any atom is 0.341 e. The first-order valence-electron chi connectivity index (χ1n) is 8.05. The second-order valence-corrected chi connectivity index (χ2v) is 5.84. The van der Waals surface area contributed by atoms with Gasteiger partial charge in [0, 0.05) is 5.56 Å². The molecule has 0 spiro atoms. The maximum absolute atomic E-state index is 12.3. The summed E-state index contributed by atoms with van der Waals surface area (Å²) in [5, 5.41) is 8.90. The van der Waals surface area contributed by atoms with Crippen LogP contribution in [0.5, 0.6) is 17.2 Å². The van der Waals surface area contributed by atoms with Crippen LogP contribution in [0.15, 0.2) is 42.5 Å². The van der Waals surface area contributed by atoms with Gasteiger partial charge in [-0.25, -0.2) is 4.79 Å². The molecule has 144 valence electrons. The number of hydrogen-bond donors (Lipinski definition) is 1. The van der Waals surface area contributed by atoms with Crippen LogP contribution in [0.3, 0.4) is 0 Å². The lowest BCUT2D eigenvalue weighted by Gasteiger charge is -2.11. The predicted octanol–water partition coefficient (Wildman–Crippen LogP) is 3.72. The fourth-order valence-electron chi connectivity index (χ4n) is 2.22. The summed E-state index contributed by atoms with van der Waals surface area (Å²) in [7, 11) is 1.47. The van der Waals surface area contributed by atoms with Crippen molar-refractivity contribution in [3.05, 3.63) is 58.6 Å². The highest BCUT2D eigenvalue weighted by Crippen LogP contribution is 2.36. The average Bonchev–Trinajstić information content (AvgIpc) is 2.69. The van der Waals surface area contributed by atoms with Gasteiger partial charge in [-0.3, -0.25) is 4.79 Å². The molecular weight excluding hydrogens is 384 g/mol. The van der Waals surface area contributed by atoms with Crippen molar-refractivity contribution in [2.75, 3.05) is 20.3 Å². The Hall–Kier alpha value is -3.43. The lowest BCUT2D eigenvalue weighted by Crippen LogP contribution is -2.09. The van der Waals surface area contributed by atoms with Crippen molar-refractivity contribution in [1.29, 1.82) is 0 Å². The summed E-state index contributed by atoms with van der Waals surface area (Å²) < 4.78 is 15.7. The van der Waals surface area contributed by atoms with Crippen LogP contribution in [-0.4, -0.2) is 37.2 Å². The minimum atomic E-state index is -1.08. The van der Waals surface area contributed by atoms with E-state index >= 15 is 0 Å². The number of methoxy groups -OCH3 is 1. The van der Waals surface area contributed by atoms with Gasteiger partial charge in [-0.05, 0) is 48.0 Å². The highest BCUT2D eigenvalue weighted by molar-refractivity contribution is 6.32. The quantitative estimate of drug-likeness (QED) is 0.392. The molecule has 1 N–H and O–H groups in total. The number of carboxylic acid groups (broad SMARTS) is 1. The number of allylic oxidation sites excluding steroid dienone is 1. The molecule has 0 aliphatic carbocycles. The van der Waals surface area contributed by atoms with Crippen molar-refractivity contribution in [2.24, 2.45) is 0 Å². The minimum absolute atomic E-state index is 0.0515. The molecule has 0 aromatic heterocycles. The number of benzene rings is 2. The number of halogens is 1. The monoisotopic (exact) mass is 400 g/mol. The molecule has 0 fully saturated rings. The number of aliphatic carboxylic acids is 1. The molecule has 0 saturated carbocycles. The molecule has 7 heteroatoms. The zero-order chi connectivity index (χ0) is 20.5. The van der Waals surface area contributed by atoms with Crippen LogP contribution in [-0.2, 0) is 4.79 Å². The number of ketones is 1. The number of carboxylic acids is 1. The van der Waals surface area contributed by atoms with E-state index in [-0.39, 0.29) is 12.4 Å². The van der Waals surface area contributed by atoms with Gasteiger partial charge < -0.3 is 19.3 Å². The smallest absolute Gasteiger partial charge is 0.341 e. The Labute approximate surface area is 167 Å². The first kappa shape index (κ1) is 20.9. The number of hydrogen-bond acceptors (Lipinski definition) is 5. The summed E-state index contributed by atoms with van der Waals surface area (Å²) in [6.45, 7) is -0.396. The van der Waals surface area contributed by atoms with Crippen LogP contribution in [0, 0.1) is 12.3 Å². The van der Waals surface area contributed by atoms with Crippen molar-refractivity contribution in [1.82, 2.24) is 0 Å². The van der Waals surface area contributed by atoms with E-state index in [2.05, 4.69) is 5.92 Å². The molecule has 0 heterocycles. The molecule has 0 amide bonds. The van der Waals surface area contributed by atoms with E-state index in [4.69, 9.17) is 37.3 Å². The second kappa shape index (κ2) is 10.0. The maximum atomic E-state index is 12.3. The largest absolute Gasteiger partial charge is 0.493 e. The molecule has 0 unspecified atom stereocenters. The van der Waals surface area contributed by atoms with E-state index in [9.17, 15) is 9.59 Å². The van der Waals surface area contributed by atoms with Gasteiger partial charge in [-0.2, -0.15) is 0 Å². The van der Waals surface area contributed by atoms with Crippen LogP contribution in [0.4, 0.5) is 0 Å². The van der Waals surface area contributed by atoms with E-state index in [1.165, 1.54) is 25.3 Å². The second-order valence-electron chi connectivity index (χ2n) is 5.43. The predicted molar refractivity (Wildman–Crippen MR) is 105 cm³/mol. The number of carbonyl (C=O) groups excluding carboxylic acids is 1. The van der Waals surface area contributed by atoms with Gasteiger partial charge in [0.25, 0.3) is 0 Å². The summed E-state index contributed by atoms with van der Waals surface area (Å²) in [5.41, 5.74) is 1.07. The molecule has 0 saturated heterocycles. The van der Waals surface area contributed by atoms with Gasteiger partial charge in [-0.15, -0.1) is 6.42 Å². The number of rotatable bonds is 9.